The van der Waals surface area contributed by atoms with Gasteiger partial charge in [-0.2, -0.15) is 8.42 Å². The molecule has 1 amide bonds. The predicted molar refractivity (Wildman–Crippen MR) is 118 cm³/mol. The summed E-state index contributed by atoms with van der Waals surface area (Å²) in [6.45, 7) is 6.53. The monoisotopic (exact) mass is 476 g/mol. The van der Waals surface area contributed by atoms with Crippen molar-refractivity contribution in [2.24, 2.45) is 5.73 Å². The molecule has 0 aromatic carbocycles. The number of hydrogen-bond donors (Lipinski definition) is 2. The number of rotatable bonds is 10. The minimum atomic E-state index is -3.70. The molecule has 0 saturated carbocycles. The summed E-state index contributed by atoms with van der Waals surface area (Å²) in [6, 6.07) is -1.28. The molecule has 0 aliphatic carbocycles. The van der Waals surface area contributed by atoms with Crippen molar-refractivity contribution in [1.29, 1.82) is 5.41 Å². The van der Waals surface area contributed by atoms with Gasteiger partial charge in [0.2, 0.25) is 0 Å². The number of hydrogen-bond acceptors (Lipinski definition) is 9. The summed E-state index contributed by atoms with van der Waals surface area (Å²) in [7, 11) is -3.70. The second kappa shape index (κ2) is 10.8. The normalized spacial score (nSPS) is 22.3. The summed E-state index contributed by atoms with van der Waals surface area (Å²) in [5.41, 5.74) is 5.10. The van der Waals surface area contributed by atoms with Gasteiger partial charge in [0, 0.05) is 0 Å². The van der Waals surface area contributed by atoms with Gasteiger partial charge in [0.05, 0.1) is 18.8 Å². The number of nitrogens with zero attached hydrogens (tertiary/aromatic N) is 2. The molecule has 2 heterocycles. The maximum absolute atomic E-state index is 13.0. The molecule has 12 heteroatoms. The van der Waals surface area contributed by atoms with Gasteiger partial charge in [0.1, 0.15) is 30.2 Å². The zero-order chi connectivity index (χ0) is 24.1. The Morgan fingerprint density at radius 2 is 1.81 bits per heavy atom. The van der Waals surface area contributed by atoms with E-state index in [1.54, 1.807) is 20.8 Å². The first-order valence-corrected chi connectivity index (χ1v) is 12.7. The van der Waals surface area contributed by atoms with E-state index < -0.39 is 39.9 Å². The third-order valence-electron chi connectivity index (χ3n) is 5.33. The lowest BCUT2D eigenvalue weighted by Gasteiger charge is -2.35. The highest BCUT2D eigenvalue weighted by molar-refractivity contribution is 7.85. The average molecular weight is 477 g/mol. The Morgan fingerprint density at radius 3 is 2.34 bits per heavy atom. The number of carbonyl (C=O) groups is 2. The molecule has 0 radical (unpaired) electrons. The third kappa shape index (κ3) is 8.21. The molecule has 11 nitrogen and oxygen atoms in total. The molecule has 3 atom stereocenters. The molecule has 2 saturated heterocycles. The fourth-order valence-corrected chi connectivity index (χ4v) is 4.33. The van der Waals surface area contributed by atoms with Gasteiger partial charge in [-0.05, 0) is 59.5 Å². The van der Waals surface area contributed by atoms with Crippen molar-refractivity contribution < 1.29 is 31.7 Å². The first-order valence-electron chi connectivity index (χ1n) is 10.9. The Kier molecular flexibility index (Phi) is 8.89. The summed E-state index contributed by atoms with van der Waals surface area (Å²) in [6.07, 6.45) is 3.16. The van der Waals surface area contributed by atoms with Crippen LogP contribution in [0.5, 0.6) is 0 Å². The second-order valence-electron chi connectivity index (χ2n) is 9.34. The zero-order valence-electron chi connectivity index (χ0n) is 19.3. The van der Waals surface area contributed by atoms with Crippen LogP contribution in [-0.4, -0.2) is 92.4 Å². The minimum absolute atomic E-state index is 0.00723. The Balaban J connectivity index is 2.13. The number of amidine groups is 1. The van der Waals surface area contributed by atoms with Gasteiger partial charge in [-0.3, -0.25) is 19.4 Å². The Morgan fingerprint density at radius 1 is 1.22 bits per heavy atom. The number of nitrogens with two attached hydrogens (primary N) is 1. The molecule has 2 aliphatic heterocycles. The van der Waals surface area contributed by atoms with Crippen LogP contribution in [0, 0.1) is 5.41 Å². The van der Waals surface area contributed by atoms with E-state index in [9.17, 15) is 18.0 Å². The standard InChI is InChI=1S/C20H36N4O7S/c1-20(2,3)31-18(25)16(9-8-15(17(21)22)23-10-6-5-7-11-23)24-12-14(30-19(24)26)13-29-32(4,27)28/h14-16H,5-13H2,1-4H3,(H3,21,22). The fraction of sp³-hybridized carbons (Fsp3) is 0.850. The molecule has 0 aromatic heterocycles. The van der Waals surface area contributed by atoms with Gasteiger partial charge in [0.15, 0.2) is 0 Å². The Labute approximate surface area is 190 Å². The van der Waals surface area contributed by atoms with Gasteiger partial charge in [-0.15, -0.1) is 0 Å². The quantitative estimate of drug-likeness (QED) is 0.204. The molecule has 3 N–H and O–H groups in total. The Hall–Kier alpha value is -1.92. The molecule has 3 unspecified atom stereocenters. The van der Waals surface area contributed by atoms with Gasteiger partial charge in [-0.1, -0.05) is 6.42 Å². The van der Waals surface area contributed by atoms with Crippen molar-refractivity contribution in [3.63, 3.8) is 0 Å². The van der Waals surface area contributed by atoms with E-state index in [2.05, 4.69) is 4.90 Å². The number of cyclic esters (lactones) is 1. The van der Waals surface area contributed by atoms with E-state index in [1.165, 1.54) is 4.90 Å². The van der Waals surface area contributed by atoms with Crippen LogP contribution in [0.1, 0.15) is 52.9 Å². The van der Waals surface area contributed by atoms with Crippen LogP contribution >= 0.6 is 0 Å². The van der Waals surface area contributed by atoms with Gasteiger partial charge < -0.3 is 15.2 Å². The average Bonchev–Trinajstić information content (AvgIpc) is 3.02. The number of nitrogens with one attached hydrogen (secondary N) is 1. The van der Waals surface area contributed by atoms with Crippen LogP contribution in [0.3, 0.4) is 0 Å². The van der Waals surface area contributed by atoms with Crippen LogP contribution in [-0.2, 0) is 28.6 Å². The largest absolute Gasteiger partial charge is 0.458 e. The van der Waals surface area contributed by atoms with Crippen LogP contribution in [0.25, 0.3) is 0 Å². The number of esters is 1. The number of carbonyl (C=O) groups excluding carboxylic acids is 2. The molecule has 2 rings (SSSR count). The third-order valence-corrected chi connectivity index (χ3v) is 5.89. The van der Waals surface area contributed by atoms with E-state index in [-0.39, 0.29) is 31.4 Å². The van der Waals surface area contributed by atoms with Crippen molar-refractivity contribution in [1.82, 2.24) is 9.80 Å². The van der Waals surface area contributed by atoms with E-state index in [0.29, 0.717) is 6.42 Å². The van der Waals surface area contributed by atoms with Crippen molar-refractivity contribution in [3.05, 3.63) is 0 Å². The number of likely N-dealkylation sites (tertiary alicyclic amines) is 1. The lowest BCUT2D eigenvalue weighted by atomic mass is 10.00. The lowest BCUT2D eigenvalue weighted by Crippen LogP contribution is -2.49. The summed E-state index contributed by atoms with van der Waals surface area (Å²) in [5, 5.41) is 8.02. The highest BCUT2D eigenvalue weighted by Gasteiger charge is 2.42. The number of ether oxygens (including phenoxy) is 2. The molecule has 32 heavy (non-hydrogen) atoms. The molecule has 184 valence electrons. The maximum atomic E-state index is 13.0. The molecule has 0 aromatic rings. The van der Waals surface area contributed by atoms with E-state index in [0.717, 1.165) is 38.6 Å². The van der Waals surface area contributed by atoms with Crippen molar-refractivity contribution in [2.45, 2.75) is 76.7 Å². The number of piperidine rings is 1. The van der Waals surface area contributed by atoms with Crippen molar-refractivity contribution >= 4 is 28.0 Å². The topological polar surface area (TPSA) is 152 Å². The van der Waals surface area contributed by atoms with E-state index in [1.807, 2.05) is 0 Å². The smallest absolute Gasteiger partial charge is 0.411 e. The highest BCUT2D eigenvalue weighted by atomic mass is 32.2. The SMILES string of the molecule is CC(C)(C)OC(=O)C(CCC(C(=N)N)N1CCCCC1)N1CC(COS(C)(=O)=O)OC1=O. The lowest BCUT2D eigenvalue weighted by molar-refractivity contribution is -0.160. The Bertz CT molecular complexity index is 790. The molecule has 2 aliphatic rings. The van der Waals surface area contributed by atoms with Crippen LogP contribution in [0.4, 0.5) is 4.79 Å². The van der Waals surface area contributed by atoms with Crippen molar-refractivity contribution in [3.8, 4) is 0 Å². The summed E-state index contributed by atoms with van der Waals surface area (Å²) in [4.78, 5) is 28.9. The van der Waals surface area contributed by atoms with Gasteiger partial charge >= 0.3 is 12.1 Å². The fourth-order valence-electron chi connectivity index (χ4n) is 3.93. The molecule has 2 fully saturated rings. The van der Waals surface area contributed by atoms with E-state index >= 15 is 0 Å². The van der Waals surface area contributed by atoms with Gasteiger partial charge in [0.25, 0.3) is 10.1 Å². The first kappa shape index (κ1) is 26.3. The highest BCUT2D eigenvalue weighted by Crippen LogP contribution is 2.24. The summed E-state index contributed by atoms with van der Waals surface area (Å²) >= 11 is 0. The minimum Gasteiger partial charge on any atom is -0.458 e. The van der Waals surface area contributed by atoms with Gasteiger partial charge in [-0.25, -0.2) is 9.59 Å². The van der Waals surface area contributed by atoms with Crippen LogP contribution in [0.2, 0.25) is 0 Å². The van der Waals surface area contributed by atoms with Crippen LogP contribution < -0.4 is 5.73 Å². The first-order chi connectivity index (χ1) is 14.8. The van der Waals surface area contributed by atoms with Crippen molar-refractivity contribution in [2.75, 3.05) is 32.5 Å². The molecular formula is C20H36N4O7S. The number of amides is 1. The zero-order valence-corrected chi connectivity index (χ0v) is 20.2. The molecule has 0 bridgehead atoms. The summed E-state index contributed by atoms with van der Waals surface area (Å²) in [5.74, 6) is -0.557. The molecule has 0 spiro atoms. The maximum Gasteiger partial charge on any atom is 0.411 e. The second-order valence-corrected chi connectivity index (χ2v) is 11.0. The predicted octanol–water partition coefficient (Wildman–Crippen LogP) is 1.06. The summed E-state index contributed by atoms with van der Waals surface area (Å²) < 4.78 is 38.0. The molecular weight excluding hydrogens is 440 g/mol. The van der Waals surface area contributed by atoms with E-state index in [4.69, 9.17) is 24.8 Å². The van der Waals surface area contributed by atoms with Crippen LogP contribution in [0.15, 0.2) is 0 Å².